The van der Waals surface area contributed by atoms with Gasteiger partial charge in [-0.3, -0.25) is 0 Å². The normalized spacial score (nSPS) is 11.7. The van der Waals surface area contributed by atoms with E-state index in [-0.39, 0.29) is 19.0 Å². The Kier molecular flexibility index (Phi) is 6.70. The van der Waals surface area contributed by atoms with Crippen LogP contribution in [0.25, 0.3) is 0 Å². The van der Waals surface area contributed by atoms with Crippen molar-refractivity contribution in [2.75, 3.05) is 13.2 Å². The predicted octanol–water partition coefficient (Wildman–Crippen LogP) is 3.01. The Morgan fingerprint density at radius 3 is 2.70 bits per heavy atom. The number of nitrogens with zero attached hydrogens (tertiary/aromatic N) is 2. The summed E-state index contributed by atoms with van der Waals surface area (Å²) in [5, 5.41) is 3.23. The van der Waals surface area contributed by atoms with Gasteiger partial charge in [-0.05, 0) is 26.3 Å². The van der Waals surface area contributed by atoms with Crippen LogP contribution in [-0.2, 0) is 6.54 Å². The van der Waals surface area contributed by atoms with E-state index < -0.39 is 12.6 Å². The summed E-state index contributed by atoms with van der Waals surface area (Å²) in [5.74, 6) is 0. The SMILES string of the molecule is CCCNCc1cnc(OCCCC(F)(F)F)nc1C. The molecule has 114 valence electrons. The number of aryl methyl sites for hydroxylation is 1. The number of aromatic nitrogens is 2. The summed E-state index contributed by atoms with van der Waals surface area (Å²) >= 11 is 0. The Bertz CT molecular complexity index is 410. The van der Waals surface area contributed by atoms with Crippen LogP contribution in [0.3, 0.4) is 0 Å². The van der Waals surface area contributed by atoms with Gasteiger partial charge in [0.25, 0.3) is 0 Å². The maximum absolute atomic E-state index is 12.0. The molecule has 0 aliphatic heterocycles. The van der Waals surface area contributed by atoms with Crippen molar-refractivity contribution in [3.8, 4) is 6.01 Å². The predicted molar refractivity (Wildman–Crippen MR) is 69.6 cm³/mol. The molecule has 4 nitrogen and oxygen atoms in total. The lowest BCUT2D eigenvalue weighted by Gasteiger charge is -2.09. The molecule has 0 radical (unpaired) electrons. The van der Waals surface area contributed by atoms with Gasteiger partial charge in [0.2, 0.25) is 0 Å². The number of rotatable bonds is 8. The van der Waals surface area contributed by atoms with Crippen molar-refractivity contribution in [2.45, 2.75) is 45.8 Å². The summed E-state index contributed by atoms with van der Waals surface area (Å²) < 4.78 is 41.0. The summed E-state index contributed by atoms with van der Waals surface area (Å²) in [7, 11) is 0. The highest BCUT2D eigenvalue weighted by Crippen LogP contribution is 2.21. The highest BCUT2D eigenvalue weighted by Gasteiger charge is 2.26. The highest BCUT2D eigenvalue weighted by molar-refractivity contribution is 5.17. The van der Waals surface area contributed by atoms with E-state index in [2.05, 4.69) is 22.2 Å². The fourth-order valence-corrected chi connectivity index (χ4v) is 1.55. The summed E-state index contributed by atoms with van der Waals surface area (Å²) in [6, 6.07) is 0.129. The van der Waals surface area contributed by atoms with E-state index in [9.17, 15) is 13.2 Å². The minimum atomic E-state index is -4.14. The average Bonchev–Trinajstić information content (AvgIpc) is 2.36. The lowest BCUT2D eigenvalue weighted by molar-refractivity contribution is -0.136. The standard InChI is InChI=1S/C13H20F3N3O/c1-3-6-17-8-11-9-18-12(19-10(11)2)20-7-4-5-13(14,15)16/h9,17H,3-8H2,1-2H3. The van der Waals surface area contributed by atoms with E-state index in [4.69, 9.17) is 4.74 Å². The lowest BCUT2D eigenvalue weighted by Crippen LogP contribution is -2.16. The topological polar surface area (TPSA) is 47.0 Å². The van der Waals surface area contributed by atoms with Crippen LogP contribution in [0.15, 0.2) is 6.20 Å². The highest BCUT2D eigenvalue weighted by atomic mass is 19.4. The maximum atomic E-state index is 12.0. The van der Waals surface area contributed by atoms with Gasteiger partial charge in [-0.1, -0.05) is 6.92 Å². The van der Waals surface area contributed by atoms with Gasteiger partial charge >= 0.3 is 12.2 Å². The van der Waals surface area contributed by atoms with Crippen molar-refractivity contribution in [2.24, 2.45) is 0 Å². The Morgan fingerprint density at radius 2 is 2.10 bits per heavy atom. The molecule has 0 unspecified atom stereocenters. The van der Waals surface area contributed by atoms with Gasteiger partial charge < -0.3 is 10.1 Å². The smallest absolute Gasteiger partial charge is 0.389 e. The molecular weight excluding hydrogens is 271 g/mol. The van der Waals surface area contributed by atoms with E-state index in [1.54, 1.807) is 6.20 Å². The Hall–Kier alpha value is -1.37. The third kappa shape index (κ3) is 6.70. The van der Waals surface area contributed by atoms with Gasteiger partial charge in [0, 0.05) is 30.4 Å². The van der Waals surface area contributed by atoms with Crippen molar-refractivity contribution in [1.29, 1.82) is 0 Å². The second kappa shape index (κ2) is 8.04. The minimum Gasteiger partial charge on any atom is -0.463 e. The van der Waals surface area contributed by atoms with Crippen LogP contribution in [0.2, 0.25) is 0 Å². The van der Waals surface area contributed by atoms with Gasteiger partial charge in [-0.15, -0.1) is 0 Å². The van der Waals surface area contributed by atoms with Crippen LogP contribution in [0.5, 0.6) is 6.01 Å². The van der Waals surface area contributed by atoms with Crippen molar-refractivity contribution < 1.29 is 17.9 Å². The van der Waals surface area contributed by atoms with Crippen LogP contribution in [-0.4, -0.2) is 29.3 Å². The van der Waals surface area contributed by atoms with Crippen LogP contribution in [0.4, 0.5) is 13.2 Å². The minimum absolute atomic E-state index is 0.0353. The zero-order valence-corrected chi connectivity index (χ0v) is 11.8. The van der Waals surface area contributed by atoms with Gasteiger partial charge in [-0.2, -0.15) is 13.2 Å². The monoisotopic (exact) mass is 291 g/mol. The summed E-state index contributed by atoms with van der Waals surface area (Å²) in [5.41, 5.74) is 1.73. The number of ether oxygens (including phenoxy) is 1. The van der Waals surface area contributed by atoms with Crippen LogP contribution >= 0.6 is 0 Å². The molecular formula is C13H20F3N3O. The van der Waals surface area contributed by atoms with Crippen LogP contribution in [0, 0.1) is 6.92 Å². The van der Waals surface area contributed by atoms with Gasteiger partial charge in [0.15, 0.2) is 0 Å². The van der Waals surface area contributed by atoms with E-state index in [0.29, 0.717) is 6.54 Å². The van der Waals surface area contributed by atoms with E-state index in [1.165, 1.54) is 0 Å². The van der Waals surface area contributed by atoms with Crippen molar-refractivity contribution >= 4 is 0 Å². The Labute approximate surface area is 116 Å². The first-order valence-corrected chi connectivity index (χ1v) is 6.65. The number of nitrogens with one attached hydrogen (secondary N) is 1. The quantitative estimate of drug-likeness (QED) is 0.748. The first-order valence-electron chi connectivity index (χ1n) is 6.65. The lowest BCUT2D eigenvalue weighted by atomic mass is 10.2. The Morgan fingerprint density at radius 1 is 1.35 bits per heavy atom. The molecule has 0 fully saturated rings. The number of hydrogen-bond acceptors (Lipinski definition) is 4. The summed E-state index contributed by atoms with van der Waals surface area (Å²) in [6.07, 6.45) is -2.41. The maximum Gasteiger partial charge on any atom is 0.389 e. The second-order valence-electron chi connectivity index (χ2n) is 4.51. The fraction of sp³-hybridized carbons (Fsp3) is 0.692. The molecule has 1 N–H and O–H groups in total. The van der Waals surface area contributed by atoms with E-state index in [0.717, 1.165) is 24.2 Å². The van der Waals surface area contributed by atoms with E-state index >= 15 is 0 Å². The average molecular weight is 291 g/mol. The molecule has 0 amide bonds. The number of alkyl halides is 3. The third-order valence-corrected chi connectivity index (χ3v) is 2.64. The van der Waals surface area contributed by atoms with Gasteiger partial charge in [0.05, 0.1) is 6.61 Å². The number of hydrogen-bond donors (Lipinski definition) is 1. The summed E-state index contributed by atoms with van der Waals surface area (Å²) in [6.45, 7) is 5.46. The molecule has 1 aromatic rings. The third-order valence-electron chi connectivity index (χ3n) is 2.64. The molecule has 0 atom stereocenters. The molecule has 1 rings (SSSR count). The molecule has 0 saturated carbocycles. The largest absolute Gasteiger partial charge is 0.463 e. The first-order chi connectivity index (χ1) is 9.42. The first kappa shape index (κ1) is 16.7. The Balaban J connectivity index is 2.39. The zero-order chi connectivity index (χ0) is 15.0. The van der Waals surface area contributed by atoms with Gasteiger partial charge in [0.1, 0.15) is 0 Å². The van der Waals surface area contributed by atoms with Crippen LogP contribution < -0.4 is 10.1 Å². The molecule has 0 aliphatic carbocycles. The molecule has 1 aromatic heterocycles. The molecule has 20 heavy (non-hydrogen) atoms. The van der Waals surface area contributed by atoms with Crippen molar-refractivity contribution in [3.63, 3.8) is 0 Å². The molecule has 0 bridgehead atoms. The van der Waals surface area contributed by atoms with Crippen molar-refractivity contribution in [1.82, 2.24) is 15.3 Å². The van der Waals surface area contributed by atoms with Crippen LogP contribution in [0.1, 0.15) is 37.4 Å². The molecule has 0 aliphatic rings. The molecule has 1 heterocycles. The van der Waals surface area contributed by atoms with E-state index in [1.807, 2.05) is 6.92 Å². The molecule has 7 heteroatoms. The zero-order valence-electron chi connectivity index (χ0n) is 11.8. The number of halogens is 3. The molecule has 0 saturated heterocycles. The molecule has 0 aromatic carbocycles. The van der Waals surface area contributed by atoms with Gasteiger partial charge in [-0.25, -0.2) is 9.97 Å². The fourth-order valence-electron chi connectivity index (χ4n) is 1.55. The molecule has 0 spiro atoms. The van der Waals surface area contributed by atoms with Crippen molar-refractivity contribution in [3.05, 3.63) is 17.5 Å². The summed E-state index contributed by atoms with van der Waals surface area (Å²) in [4.78, 5) is 8.13. The second-order valence-corrected chi connectivity index (χ2v) is 4.51.